The van der Waals surface area contributed by atoms with Crippen LogP contribution in [0.2, 0.25) is 0 Å². The molecular formula is C17H15N5O3. The van der Waals surface area contributed by atoms with Gasteiger partial charge in [-0.05, 0) is 23.6 Å². The molecule has 0 fully saturated rings. The van der Waals surface area contributed by atoms with Crippen LogP contribution in [0.15, 0.2) is 44.5 Å². The maximum absolute atomic E-state index is 12.6. The fourth-order valence-corrected chi connectivity index (χ4v) is 2.87. The summed E-state index contributed by atoms with van der Waals surface area (Å²) < 4.78 is 8.02. The van der Waals surface area contributed by atoms with Gasteiger partial charge in [-0.1, -0.05) is 24.3 Å². The predicted molar refractivity (Wildman–Crippen MR) is 91.5 cm³/mol. The molecule has 0 amide bonds. The van der Waals surface area contributed by atoms with E-state index < -0.39 is 5.63 Å². The summed E-state index contributed by atoms with van der Waals surface area (Å²) in [5.41, 5.74) is 1.90. The van der Waals surface area contributed by atoms with Crippen molar-refractivity contribution in [2.45, 2.75) is 19.9 Å². The molecule has 0 N–H and O–H groups in total. The second-order valence-electron chi connectivity index (χ2n) is 5.83. The molecule has 0 radical (unpaired) electrons. The molecular weight excluding hydrogens is 322 g/mol. The van der Waals surface area contributed by atoms with Crippen molar-refractivity contribution in [1.82, 2.24) is 24.8 Å². The lowest BCUT2D eigenvalue weighted by Gasteiger charge is -2.07. The van der Waals surface area contributed by atoms with Gasteiger partial charge in [0.1, 0.15) is 11.0 Å². The van der Waals surface area contributed by atoms with Gasteiger partial charge in [0, 0.05) is 18.5 Å². The number of rotatable bonds is 3. The largest absolute Gasteiger partial charge is 0.423 e. The summed E-state index contributed by atoms with van der Waals surface area (Å²) in [7, 11) is 1.70. The van der Waals surface area contributed by atoms with Crippen LogP contribution in [-0.2, 0) is 20.0 Å². The first-order valence-corrected chi connectivity index (χ1v) is 7.88. The highest BCUT2D eigenvalue weighted by atomic mass is 16.4. The van der Waals surface area contributed by atoms with E-state index in [0.717, 1.165) is 17.4 Å². The highest BCUT2D eigenvalue weighted by molar-refractivity contribution is 5.81. The Kier molecular flexibility index (Phi) is 3.45. The van der Waals surface area contributed by atoms with Gasteiger partial charge in [-0.3, -0.25) is 4.79 Å². The molecule has 1 aromatic carbocycles. The summed E-state index contributed by atoms with van der Waals surface area (Å²) in [5, 5.41) is 13.2. The summed E-state index contributed by atoms with van der Waals surface area (Å²) in [6.45, 7) is 2.16. The summed E-state index contributed by atoms with van der Waals surface area (Å²) in [4.78, 5) is 24.5. The highest BCUT2D eigenvalue weighted by Gasteiger charge is 2.12. The molecule has 3 heterocycles. The Bertz CT molecular complexity index is 1220. The first-order chi connectivity index (χ1) is 12.1. The van der Waals surface area contributed by atoms with Crippen molar-refractivity contribution in [3.05, 3.63) is 62.4 Å². The fraction of sp³-hybridized carbons (Fsp3) is 0.235. The van der Waals surface area contributed by atoms with Crippen molar-refractivity contribution in [3.63, 3.8) is 0 Å². The van der Waals surface area contributed by atoms with E-state index in [2.05, 4.69) is 15.4 Å². The van der Waals surface area contributed by atoms with E-state index in [-0.39, 0.29) is 12.1 Å². The van der Waals surface area contributed by atoms with Crippen LogP contribution in [0.3, 0.4) is 0 Å². The fourth-order valence-electron chi connectivity index (χ4n) is 2.87. The summed E-state index contributed by atoms with van der Waals surface area (Å²) in [6.07, 6.45) is 2.31. The van der Waals surface area contributed by atoms with E-state index >= 15 is 0 Å². The standard InChI is InChI=1S/C17H15N5O3/c1-3-10-4-5-12-11(7-15(23)25-14(12)6-10)9-22-17(24)13-8-18-21(2)16(13)19-20-22/h4-8H,3,9H2,1-2H3. The molecule has 25 heavy (non-hydrogen) atoms. The quantitative estimate of drug-likeness (QED) is 0.522. The van der Waals surface area contributed by atoms with E-state index in [1.807, 2.05) is 25.1 Å². The van der Waals surface area contributed by atoms with Gasteiger partial charge in [0.05, 0.1) is 12.7 Å². The lowest BCUT2D eigenvalue weighted by atomic mass is 10.1. The number of benzene rings is 1. The van der Waals surface area contributed by atoms with Gasteiger partial charge in [-0.25, -0.2) is 14.2 Å². The Morgan fingerprint density at radius 3 is 2.80 bits per heavy atom. The van der Waals surface area contributed by atoms with Gasteiger partial charge in [0.2, 0.25) is 0 Å². The van der Waals surface area contributed by atoms with Crippen LogP contribution in [0, 0.1) is 0 Å². The Labute approximate surface area is 141 Å². The van der Waals surface area contributed by atoms with E-state index in [1.165, 1.54) is 21.6 Å². The lowest BCUT2D eigenvalue weighted by Crippen LogP contribution is -2.25. The van der Waals surface area contributed by atoms with Crippen molar-refractivity contribution in [2.75, 3.05) is 0 Å². The van der Waals surface area contributed by atoms with Crippen molar-refractivity contribution >= 4 is 22.0 Å². The van der Waals surface area contributed by atoms with Crippen molar-refractivity contribution in [1.29, 1.82) is 0 Å². The van der Waals surface area contributed by atoms with Gasteiger partial charge in [-0.2, -0.15) is 5.10 Å². The zero-order chi connectivity index (χ0) is 17.6. The molecule has 0 saturated heterocycles. The maximum Gasteiger partial charge on any atom is 0.336 e. The SMILES string of the molecule is CCc1ccc2c(Cn3nnc4c(cnn4C)c3=O)cc(=O)oc2c1. The third-order valence-electron chi connectivity index (χ3n) is 4.24. The number of hydrogen-bond acceptors (Lipinski definition) is 6. The van der Waals surface area contributed by atoms with Crippen LogP contribution in [0.25, 0.3) is 22.0 Å². The Morgan fingerprint density at radius 1 is 1.16 bits per heavy atom. The third kappa shape index (κ3) is 2.51. The molecule has 0 saturated carbocycles. The Balaban J connectivity index is 1.87. The van der Waals surface area contributed by atoms with Crippen molar-refractivity contribution < 1.29 is 4.42 Å². The second kappa shape index (κ2) is 5.66. The normalized spacial score (nSPS) is 11.4. The molecule has 3 aromatic heterocycles. The van der Waals surface area contributed by atoms with E-state index in [0.29, 0.717) is 22.2 Å². The average molecular weight is 337 g/mol. The van der Waals surface area contributed by atoms with Crippen LogP contribution in [0.1, 0.15) is 18.1 Å². The number of fused-ring (bicyclic) bond motifs is 2. The monoisotopic (exact) mass is 337 g/mol. The van der Waals surface area contributed by atoms with Crippen molar-refractivity contribution in [2.24, 2.45) is 7.05 Å². The zero-order valence-electron chi connectivity index (χ0n) is 13.8. The first kappa shape index (κ1) is 15.3. The predicted octanol–water partition coefficient (Wildman–Crippen LogP) is 1.24. The molecule has 0 aliphatic heterocycles. The molecule has 0 aliphatic rings. The highest BCUT2D eigenvalue weighted by Crippen LogP contribution is 2.19. The summed E-state index contributed by atoms with van der Waals surface area (Å²) >= 11 is 0. The van der Waals surface area contributed by atoms with Crippen LogP contribution in [0.5, 0.6) is 0 Å². The molecule has 0 atom stereocenters. The van der Waals surface area contributed by atoms with Gasteiger partial charge < -0.3 is 4.42 Å². The Hall–Kier alpha value is -3.29. The van der Waals surface area contributed by atoms with Crippen molar-refractivity contribution in [3.8, 4) is 0 Å². The van der Waals surface area contributed by atoms with Crippen LogP contribution in [-0.4, -0.2) is 24.8 Å². The van der Waals surface area contributed by atoms with Crippen LogP contribution >= 0.6 is 0 Å². The molecule has 0 aliphatic carbocycles. The average Bonchev–Trinajstić information content (AvgIpc) is 2.98. The second-order valence-corrected chi connectivity index (χ2v) is 5.83. The summed E-state index contributed by atoms with van der Waals surface area (Å²) in [5.74, 6) is 0. The molecule has 4 rings (SSSR count). The molecule has 0 spiro atoms. The lowest BCUT2D eigenvalue weighted by molar-refractivity contribution is 0.551. The van der Waals surface area contributed by atoms with Gasteiger partial charge >= 0.3 is 5.63 Å². The number of nitrogens with zero attached hydrogens (tertiary/aromatic N) is 5. The van der Waals surface area contributed by atoms with E-state index in [1.54, 1.807) is 7.05 Å². The topological polar surface area (TPSA) is 95.8 Å². The number of aromatic nitrogens is 5. The smallest absolute Gasteiger partial charge is 0.336 e. The van der Waals surface area contributed by atoms with E-state index in [9.17, 15) is 9.59 Å². The van der Waals surface area contributed by atoms with Crippen LogP contribution < -0.4 is 11.2 Å². The molecule has 126 valence electrons. The minimum absolute atomic E-state index is 0.129. The summed E-state index contributed by atoms with van der Waals surface area (Å²) in [6, 6.07) is 7.10. The maximum atomic E-state index is 12.6. The van der Waals surface area contributed by atoms with Gasteiger partial charge in [0.25, 0.3) is 5.56 Å². The first-order valence-electron chi connectivity index (χ1n) is 7.88. The molecule has 4 aromatic rings. The van der Waals surface area contributed by atoms with E-state index in [4.69, 9.17) is 4.42 Å². The number of hydrogen-bond donors (Lipinski definition) is 0. The van der Waals surface area contributed by atoms with Gasteiger partial charge in [0.15, 0.2) is 5.65 Å². The third-order valence-corrected chi connectivity index (χ3v) is 4.24. The zero-order valence-corrected chi connectivity index (χ0v) is 13.8. The number of aryl methyl sites for hydroxylation is 2. The minimum atomic E-state index is -0.459. The Morgan fingerprint density at radius 2 is 2.00 bits per heavy atom. The molecule has 0 unspecified atom stereocenters. The van der Waals surface area contributed by atoms with Crippen LogP contribution in [0.4, 0.5) is 0 Å². The molecule has 8 heteroatoms. The molecule has 0 bridgehead atoms. The molecule has 8 nitrogen and oxygen atoms in total. The minimum Gasteiger partial charge on any atom is -0.423 e. The van der Waals surface area contributed by atoms with Gasteiger partial charge in [-0.15, -0.1) is 5.10 Å².